The molecule has 1 unspecified atom stereocenters. The molecule has 4 N–H and O–H groups in total. The Morgan fingerprint density at radius 3 is 2.52 bits per heavy atom. The second-order valence-electron chi connectivity index (χ2n) is 5.42. The first-order chi connectivity index (χ1) is 11.9. The largest absolute Gasteiger partial charge is 0.494 e. The fraction of sp³-hybridized carbons (Fsp3) is 0.375. The van der Waals surface area contributed by atoms with Crippen molar-refractivity contribution in [2.75, 3.05) is 23.0 Å². The van der Waals surface area contributed by atoms with Crippen LogP contribution < -0.4 is 21.1 Å². The maximum atomic E-state index is 11.3. The molecular weight excluding hydrogens is 324 g/mol. The highest BCUT2D eigenvalue weighted by Crippen LogP contribution is 2.32. The maximum Gasteiger partial charge on any atom is 0.353 e. The van der Waals surface area contributed by atoms with E-state index in [1.165, 1.54) is 0 Å². The van der Waals surface area contributed by atoms with E-state index in [4.69, 9.17) is 10.5 Å². The summed E-state index contributed by atoms with van der Waals surface area (Å²) >= 11 is 0. The van der Waals surface area contributed by atoms with E-state index in [1.54, 1.807) is 24.3 Å². The number of nitrogen functional groups attached to an aromatic ring is 1. The van der Waals surface area contributed by atoms with Crippen LogP contribution in [0.25, 0.3) is 0 Å². The number of nitrogens with two attached hydrogens (primary N) is 1. The van der Waals surface area contributed by atoms with E-state index >= 15 is 0 Å². The first-order valence-electron chi connectivity index (χ1n) is 8.02. The fourth-order valence-corrected chi connectivity index (χ4v) is 2.06. The Morgan fingerprint density at radius 2 is 1.96 bits per heavy atom. The van der Waals surface area contributed by atoms with Gasteiger partial charge < -0.3 is 21.1 Å². The lowest BCUT2D eigenvalue weighted by Crippen LogP contribution is -2.17. The third-order valence-corrected chi connectivity index (χ3v) is 3.51. The first-order valence-corrected chi connectivity index (χ1v) is 8.02. The van der Waals surface area contributed by atoms with Crippen molar-refractivity contribution in [2.45, 2.75) is 33.2 Å². The zero-order chi connectivity index (χ0) is 18.4. The molecule has 0 saturated heterocycles. The highest BCUT2D eigenvalue weighted by Gasteiger charge is 2.23. The number of ether oxygens (including phenoxy) is 1. The van der Waals surface area contributed by atoms with Crippen LogP contribution >= 0.6 is 0 Å². The minimum atomic E-state index is -0.598. The lowest BCUT2D eigenvalue weighted by molar-refractivity contribution is -0.383. The molecule has 9 nitrogen and oxygen atoms in total. The van der Waals surface area contributed by atoms with Crippen molar-refractivity contribution >= 4 is 29.0 Å². The molecule has 134 valence electrons. The smallest absolute Gasteiger partial charge is 0.353 e. The Labute approximate surface area is 145 Å². The molecule has 25 heavy (non-hydrogen) atoms. The predicted octanol–water partition coefficient (Wildman–Crippen LogP) is 3.32. The minimum Gasteiger partial charge on any atom is -0.494 e. The zero-order valence-electron chi connectivity index (χ0n) is 14.4. The molecule has 0 radical (unpaired) electrons. The second kappa shape index (κ2) is 8.13. The highest BCUT2D eigenvalue weighted by molar-refractivity contribution is 5.74. The van der Waals surface area contributed by atoms with Crippen LogP contribution in [0.1, 0.15) is 27.2 Å². The molecular formula is C16H22N6O3. The molecule has 1 aromatic heterocycles. The topological polar surface area (TPSA) is 128 Å². The van der Waals surface area contributed by atoms with E-state index in [9.17, 15) is 10.1 Å². The Kier molecular flexibility index (Phi) is 5.93. The van der Waals surface area contributed by atoms with Gasteiger partial charge in [-0.05, 0) is 44.5 Å². The van der Waals surface area contributed by atoms with E-state index in [0.29, 0.717) is 18.0 Å². The normalized spacial score (nSPS) is 11.6. The van der Waals surface area contributed by atoms with Gasteiger partial charge in [-0.2, -0.15) is 9.97 Å². The number of aromatic nitrogens is 2. The van der Waals surface area contributed by atoms with Gasteiger partial charge in [0.15, 0.2) is 0 Å². The SMILES string of the molecule is CCOc1ccc(Nc2nc(NC(C)CC)nc(N)c2[N+](=O)[O-])cc1. The van der Waals surface area contributed by atoms with Crippen LogP contribution in [0, 0.1) is 10.1 Å². The number of benzene rings is 1. The zero-order valence-corrected chi connectivity index (χ0v) is 14.4. The van der Waals surface area contributed by atoms with E-state index < -0.39 is 4.92 Å². The van der Waals surface area contributed by atoms with Crippen molar-refractivity contribution in [3.05, 3.63) is 34.4 Å². The molecule has 0 fully saturated rings. The molecule has 2 aromatic rings. The molecule has 1 heterocycles. The summed E-state index contributed by atoms with van der Waals surface area (Å²) in [5.74, 6) is 0.793. The van der Waals surface area contributed by atoms with Gasteiger partial charge in [0.1, 0.15) is 5.75 Å². The summed E-state index contributed by atoms with van der Waals surface area (Å²) in [7, 11) is 0. The van der Waals surface area contributed by atoms with E-state index in [0.717, 1.165) is 6.42 Å². The summed E-state index contributed by atoms with van der Waals surface area (Å²) < 4.78 is 5.38. The number of nitrogens with one attached hydrogen (secondary N) is 2. The Morgan fingerprint density at radius 1 is 1.28 bits per heavy atom. The molecule has 0 bridgehead atoms. The van der Waals surface area contributed by atoms with Gasteiger partial charge in [-0.1, -0.05) is 6.92 Å². The van der Waals surface area contributed by atoms with Crippen molar-refractivity contribution < 1.29 is 9.66 Å². The number of hydrogen-bond donors (Lipinski definition) is 3. The predicted molar refractivity (Wildman–Crippen MR) is 97.4 cm³/mol. The molecule has 0 aliphatic heterocycles. The minimum absolute atomic E-state index is 0.0347. The number of nitrogens with zero attached hydrogens (tertiary/aromatic N) is 3. The van der Waals surface area contributed by atoms with Crippen molar-refractivity contribution in [1.29, 1.82) is 0 Å². The summed E-state index contributed by atoms with van der Waals surface area (Å²) in [4.78, 5) is 18.9. The summed E-state index contributed by atoms with van der Waals surface area (Å²) in [6, 6.07) is 7.13. The van der Waals surface area contributed by atoms with Gasteiger partial charge in [0, 0.05) is 11.7 Å². The monoisotopic (exact) mass is 346 g/mol. The van der Waals surface area contributed by atoms with Crippen LogP contribution in [0.4, 0.5) is 29.0 Å². The molecule has 0 saturated carbocycles. The lowest BCUT2D eigenvalue weighted by Gasteiger charge is -2.14. The Hall–Kier alpha value is -3.10. The number of rotatable bonds is 8. The third kappa shape index (κ3) is 4.69. The quantitative estimate of drug-likeness (QED) is 0.490. The lowest BCUT2D eigenvalue weighted by atomic mass is 10.3. The van der Waals surface area contributed by atoms with Gasteiger partial charge in [-0.3, -0.25) is 10.1 Å². The average Bonchev–Trinajstić information content (AvgIpc) is 2.56. The summed E-state index contributed by atoms with van der Waals surface area (Å²) in [6.45, 7) is 6.42. The van der Waals surface area contributed by atoms with Crippen LogP contribution in [-0.2, 0) is 0 Å². The molecule has 1 aromatic carbocycles. The fourth-order valence-electron chi connectivity index (χ4n) is 2.06. The van der Waals surface area contributed by atoms with Gasteiger partial charge >= 0.3 is 5.69 Å². The molecule has 0 amide bonds. The standard InChI is InChI=1S/C16H22N6O3/c1-4-10(3)18-16-20-14(17)13(22(23)24)15(21-16)19-11-6-8-12(9-7-11)25-5-2/h6-10H,4-5H2,1-3H3,(H4,17,18,19,20,21). The molecule has 2 rings (SSSR count). The maximum absolute atomic E-state index is 11.3. The van der Waals surface area contributed by atoms with Gasteiger partial charge in [0.05, 0.1) is 11.5 Å². The van der Waals surface area contributed by atoms with Crippen LogP contribution in [-0.4, -0.2) is 27.5 Å². The van der Waals surface area contributed by atoms with Crippen molar-refractivity contribution in [3.63, 3.8) is 0 Å². The average molecular weight is 346 g/mol. The molecule has 1 atom stereocenters. The van der Waals surface area contributed by atoms with Crippen molar-refractivity contribution in [2.24, 2.45) is 0 Å². The van der Waals surface area contributed by atoms with Gasteiger partial charge in [-0.25, -0.2) is 0 Å². The van der Waals surface area contributed by atoms with Crippen LogP contribution in [0.2, 0.25) is 0 Å². The van der Waals surface area contributed by atoms with Crippen LogP contribution in [0.3, 0.4) is 0 Å². The number of anilines is 4. The van der Waals surface area contributed by atoms with Crippen molar-refractivity contribution in [3.8, 4) is 5.75 Å². The summed E-state index contributed by atoms with van der Waals surface area (Å²) in [5, 5.41) is 17.3. The molecule has 0 aliphatic carbocycles. The van der Waals surface area contributed by atoms with E-state index in [-0.39, 0.29) is 29.3 Å². The Balaban J connectivity index is 2.34. The second-order valence-corrected chi connectivity index (χ2v) is 5.42. The summed E-state index contributed by atoms with van der Waals surface area (Å²) in [5.41, 5.74) is 6.03. The van der Waals surface area contributed by atoms with E-state index in [1.807, 2.05) is 20.8 Å². The van der Waals surface area contributed by atoms with Crippen molar-refractivity contribution in [1.82, 2.24) is 9.97 Å². The van der Waals surface area contributed by atoms with E-state index in [2.05, 4.69) is 20.6 Å². The number of nitro groups is 1. The molecule has 0 spiro atoms. The summed E-state index contributed by atoms with van der Waals surface area (Å²) in [6.07, 6.45) is 0.849. The van der Waals surface area contributed by atoms with Crippen LogP contribution in [0.15, 0.2) is 24.3 Å². The van der Waals surface area contributed by atoms with Gasteiger partial charge in [-0.15, -0.1) is 0 Å². The first kappa shape index (κ1) is 18.2. The van der Waals surface area contributed by atoms with Gasteiger partial charge in [0.25, 0.3) is 0 Å². The molecule has 0 aliphatic rings. The third-order valence-electron chi connectivity index (χ3n) is 3.51. The Bertz CT molecular complexity index is 735. The highest BCUT2D eigenvalue weighted by atomic mass is 16.6. The van der Waals surface area contributed by atoms with Crippen LogP contribution in [0.5, 0.6) is 5.75 Å². The van der Waals surface area contributed by atoms with Gasteiger partial charge in [0.2, 0.25) is 17.6 Å². The molecule has 9 heteroatoms. The number of hydrogen-bond acceptors (Lipinski definition) is 8.